The van der Waals surface area contributed by atoms with Gasteiger partial charge in [-0.05, 0) is 87.1 Å². The maximum Gasteiger partial charge on any atom is 0.306 e. The quantitative estimate of drug-likeness (QED) is 0.235. The van der Waals surface area contributed by atoms with Crippen LogP contribution in [0, 0.1) is 45.3 Å². The third-order valence-corrected chi connectivity index (χ3v) is 14.4. The number of piperidine rings is 1. The molecule has 0 aromatic rings. The maximum absolute atomic E-state index is 14.9. The van der Waals surface area contributed by atoms with Crippen LogP contribution in [0.15, 0.2) is 0 Å². The molecule has 6 atom stereocenters. The van der Waals surface area contributed by atoms with Gasteiger partial charge in [0.1, 0.15) is 0 Å². The molecule has 2 spiro atoms. The van der Waals surface area contributed by atoms with Gasteiger partial charge in [-0.2, -0.15) is 0 Å². The monoisotopic (exact) mass is 683 g/mol. The number of likely N-dealkylation sites (tertiary alicyclic amines) is 2. The number of carbonyl (C=O) groups is 5. The van der Waals surface area contributed by atoms with Gasteiger partial charge >= 0.3 is 5.97 Å². The highest BCUT2D eigenvalue weighted by molar-refractivity contribution is 5.96. The Morgan fingerprint density at radius 1 is 0.918 bits per heavy atom. The zero-order chi connectivity index (χ0) is 35.9. The second kappa shape index (κ2) is 14.4. The van der Waals surface area contributed by atoms with Gasteiger partial charge < -0.3 is 20.2 Å². The normalized spacial score (nSPS) is 30.0. The van der Waals surface area contributed by atoms with Crippen LogP contribution in [-0.2, 0) is 24.0 Å². The van der Waals surface area contributed by atoms with Gasteiger partial charge in [0.2, 0.25) is 11.8 Å². The van der Waals surface area contributed by atoms with Crippen LogP contribution in [0.4, 0.5) is 0 Å². The predicted molar refractivity (Wildman–Crippen MR) is 190 cm³/mol. The standard InChI is InChI=1S/C40H65N3O6/c1-8-14-27(36(48)49)21-31(44)30-23-40(38(5,6)39(40)18-13-19-39)25-43(30)35(47)29(37(2,3)4)22-32(45)33(26-15-10-9-11-16-26)41-34(46)28-17-12-20-42(7)24-28/h26-30,33H,8-25H2,1-7H3,(H,41,46)(H,48,49)/t27-,28-,29-,30-,33-,40-/m0/s1. The summed E-state index contributed by atoms with van der Waals surface area (Å²) in [6.45, 7) is 14.6. The van der Waals surface area contributed by atoms with Crippen LogP contribution in [0.2, 0.25) is 0 Å². The van der Waals surface area contributed by atoms with Crippen molar-refractivity contribution < 1.29 is 29.1 Å². The van der Waals surface area contributed by atoms with E-state index < -0.39 is 35.3 Å². The first-order chi connectivity index (χ1) is 23.0. The van der Waals surface area contributed by atoms with Crippen LogP contribution in [0.1, 0.15) is 138 Å². The summed E-state index contributed by atoms with van der Waals surface area (Å²) in [4.78, 5) is 73.2. The van der Waals surface area contributed by atoms with Crippen molar-refractivity contribution >= 4 is 29.4 Å². The first-order valence-corrected chi connectivity index (χ1v) is 19.6. The molecule has 9 nitrogen and oxygen atoms in total. The first-order valence-electron chi connectivity index (χ1n) is 19.6. The minimum absolute atomic E-state index is 0.0148. The number of amides is 2. The number of fused-ring (bicyclic) bond motifs is 1. The summed E-state index contributed by atoms with van der Waals surface area (Å²) >= 11 is 0. The van der Waals surface area contributed by atoms with E-state index in [1.807, 2.05) is 34.7 Å². The number of nitrogens with one attached hydrogen (secondary N) is 1. The highest BCUT2D eigenvalue weighted by Crippen LogP contribution is 2.88. The molecular formula is C40H65N3O6. The number of hydrogen-bond donors (Lipinski definition) is 2. The lowest BCUT2D eigenvalue weighted by atomic mass is 9.73. The number of carboxylic acids is 1. The largest absolute Gasteiger partial charge is 0.481 e. The Morgan fingerprint density at radius 2 is 1.59 bits per heavy atom. The Kier molecular flexibility index (Phi) is 11.1. The van der Waals surface area contributed by atoms with Crippen molar-refractivity contribution in [2.75, 3.05) is 26.7 Å². The van der Waals surface area contributed by atoms with Crippen molar-refractivity contribution in [3.63, 3.8) is 0 Å². The number of ketones is 2. The second-order valence-electron chi connectivity index (χ2n) is 18.4. The molecule has 49 heavy (non-hydrogen) atoms. The molecule has 3 saturated carbocycles. The Morgan fingerprint density at radius 3 is 2.12 bits per heavy atom. The third-order valence-electron chi connectivity index (χ3n) is 14.4. The lowest BCUT2D eigenvalue weighted by Crippen LogP contribution is -2.53. The summed E-state index contributed by atoms with van der Waals surface area (Å²) in [6.07, 6.45) is 11.7. The van der Waals surface area contributed by atoms with Crippen molar-refractivity contribution in [1.29, 1.82) is 0 Å². The molecule has 5 rings (SSSR count). The maximum atomic E-state index is 14.9. The van der Waals surface area contributed by atoms with Crippen molar-refractivity contribution in [1.82, 2.24) is 15.1 Å². The van der Waals surface area contributed by atoms with Gasteiger partial charge in [-0.15, -0.1) is 0 Å². The molecule has 0 aromatic carbocycles. The van der Waals surface area contributed by atoms with E-state index in [1.54, 1.807) is 4.90 Å². The van der Waals surface area contributed by atoms with Gasteiger partial charge in [-0.3, -0.25) is 24.0 Å². The van der Waals surface area contributed by atoms with Crippen LogP contribution in [0.5, 0.6) is 0 Å². The Labute approximate surface area is 295 Å². The van der Waals surface area contributed by atoms with E-state index in [0.29, 0.717) is 32.4 Å². The zero-order valence-corrected chi connectivity index (χ0v) is 31.6. The molecule has 2 heterocycles. The minimum atomic E-state index is -0.961. The number of nitrogens with zero attached hydrogens (tertiary/aromatic N) is 2. The first kappa shape index (κ1) is 38.0. The van der Waals surface area contributed by atoms with Crippen LogP contribution >= 0.6 is 0 Å². The molecule has 0 bridgehead atoms. The fourth-order valence-corrected chi connectivity index (χ4v) is 11.0. The molecule has 9 heteroatoms. The van der Waals surface area contributed by atoms with Gasteiger partial charge in [-0.1, -0.05) is 73.6 Å². The van der Waals surface area contributed by atoms with Gasteiger partial charge in [0.05, 0.1) is 23.9 Å². The minimum Gasteiger partial charge on any atom is -0.481 e. The van der Waals surface area contributed by atoms with Crippen LogP contribution < -0.4 is 5.32 Å². The SMILES string of the molecule is CCC[C@@H](CC(=O)[C@@H]1C[C@]2(CN1C(=O)[C@H](CC(=O)[C@@H](NC(=O)[C@H]1CCCN(C)C1)C1CCCCC1)C(C)(C)C)C(C)(C)C21CCC1)C(=O)O. The van der Waals surface area contributed by atoms with Crippen LogP contribution in [0.25, 0.3) is 0 Å². The second-order valence-corrected chi connectivity index (χ2v) is 18.4. The van der Waals surface area contributed by atoms with E-state index in [-0.39, 0.29) is 64.3 Å². The van der Waals surface area contributed by atoms with E-state index in [2.05, 4.69) is 24.1 Å². The topological polar surface area (TPSA) is 124 Å². The lowest BCUT2D eigenvalue weighted by molar-refractivity contribution is -0.148. The fraction of sp³-hybridized carbons (Fsp3) is 0.875. The number of carboxylic acid groups (broad SMARTS) is 1. The molecule has 0 radical (unpaired) electrons. The third kappa shape index (κ3) is 7.00. The summed E-state index contributed by atoms with van der Waals surface area (Å²) < 4.78 is 0. The van der Waals surface area contributed by atoms with E-state index in [9.17, 15) is 29.1 Å². The molecule has 5 aliphatic rings. The predicted octanol–water partition coefficient (Wildman–Crippen LogP) is 6.27. The summed E-state index contributed by atoms with van der Waals surface area (Å²) in [5, 5.41) is 13.1. The van der Waals surface area contributed by atoms with Gasteiger partial charge in [-0.25, -0.2) is 0 Å². The van der Waals surface area contributed by atoms with Crippen molar-refractivity contribution in [3.8, 4) is 0 Å². The van der Waals surface area contributed by atoms with Crippen LogP contribution in [0.3, 0.4) is 0 Å². The summed E-state index contributed by atoms with van der Waals surface area (Å²) in [6, 6.07) is -1.30. The Hall–Kier alpha value is -2.29. The molecule has 2 amide bonds. The van der Waals surface area contributed by atoms with Gasteiger partial charge in [0.25, 0.3) is 0 Å². The smallest absolute Gasteiger partial charge is 0.306 e. The molecular weight excluding hydrogens is 618 g/mol. The number of hydrogen-bond acceptors (Lipinski definition) is 6. The number of rotatable bonds is 13. The highest BCUT2D eigenvalue weighted by Gasteiger charge is 2.85. The van der Waals surface area contributed by atoms with Gasteiger partial charge in [0, 0.05) is 37.3 Å². The average Bonchev–Trinajstić information content (AvgIpc) is 3.23. The number of carbonyl (C=O) groups excluding carboxylic acids is 4. The summed E-state index contributed by atoms with van der Waals surface area (Å²) in [5.41, 5.74) is -0.643. The lowest BCUT2D eigenvalue weighted by Gasteiger charge is -2.37. The van der Waals surface area contributed by atoms with Crippen molar-refractivity contribution in [2.45, 2.75) is 150 Å². The average molecular weight is 684 g/mol. The summed E-state index contributed by atoms with van der Waals surface area (Å²) in [5.74, 6) is -2.94. The molecule has 2 saturated heterocycles. The van der Waals surface area contributed by atoms with Gasteiger partial charge in [0.15, 0.2) is 11.6 Å². The molecule has 3 aliphatic carbocycles. The summed E-state index contributed by atoms with van der Waals surface area (Å²) in [7, 11) is 2.03. The molecule has 2 aliphatic heterocycles. The highest BCUT2D eigenvalue weighted by atomic mass is 16.4. The fourth-order valence-electron chi connectivity index (χ4n) is 11.0. The molecule has 276 valence electrons. The number of Topliss-reactive ketones (excluding diaryl/α,β-unsaturated/α-hetero) is 2. The van der Waals surface area contributed by atoms with Crippen molar-refractivity contribution in [3.05, 3.63) is 0 Å². The molecule has 0 unspecified atom stereocenters. The molecule has 0 aromatic heterocycles. The van der Waals surface area contributed by atoms with E-state index in [4.69, 9.17) is 0 Å². The van der Waals surface area contributed by atoms with Crippen molar-refractivity contribution in [2.24, 2.45) is 45.3 Å². The van der Waals surface area contributed by atoms with E-state index >= 15 is 0 Å². The van der Waals surface area contributed by atoms with E-state index in [0.717, 1.165) is 70.8 Å². The molecule has 5 fully saturated rings. The number of aliphatic carboxylic acids is 1. The van der Waals surface area contributed by atoms with E-state index in [1.165, 1.54) is 0 Å². The molecule has 2 N–H and O–H groups in total. The van der Waals surface area contributed by atoms with Crippen LogP contribution in [-0.4, -0.2) is 83.0 Å². The Bertz CT molecular complexity index is 1280. The zero-order valence-electron chi connectivity index (χ0n) is 31.6. The Balaban J connectivity index is 1.41.